The number of likely N-dealkylation sites (N-methyl/N-ethyl adjacent to an activating group) is 1. The highest BCUT2D eigenvalue weighted by Crippen LogP contribution is 2.16. The summed E-state index contributed by atoms with van der Waals surface area (Å²) in [4.78, 5) is 8.72. The number of hydrogen-bond donors (Lipinski definition) is 1. The first-order valence-electron chi connectivity index (χ1n) is 8.02. The third-order valence-electron chi connectivity index (χ3n) is 3.94. The molecule has 5 heteroatoms. The second-order valence-corrected chi connectivity index (χ2v) is 6.16. The number of aromatic nitrogens is 3. The quantitative estimate of drug-likeness (QED) is 0.946. The summed E-state index contributed by atoms with van der Waals surface area (Å²) in [6.45, 7) is 13.6. The van der Waals surface area contributed by atoms with Crippen LogP contribution in [0.25, 0.3) is 5.57 Å². The SMILES string of the molecule is C=C(C)c1[nH]ncc1CN1CCN(C)CC1.Cc1cccnc1. The highest BCUT2D eigenvalue weighted by Gasteiger charge is 2.16. The molecule has 1 N–H and O–H groups in total. The number of nitrogens with zero attached hydrogens (tertiary/aromatic N) is 4. The Labute approximate surface area is 139 Å². The van der Waals surface area contributed by atoms with Crippen LogP contribution in [0.4, 0.5) is 0 Å². The Morgan fingerprint density at radius 1 is 1.26 bits per heavy atom. The number of H-pyrrole nitrogens is 1. The van der Waals surface area contributed by atoms with Crippen LogP contribution in [0.5, 0.6) is 0 Å². The zero-order valence-corrected chi connectivity index (χ0v) is 14.4. The third-order valence-corrected chi connectivity index (χ3v) is 3.94. The van der Waals surface area contributed by atoms with Crippen LogP contribution in [0, 0.1) is 6.92 Å². The summed E-state index contributed by atoms with van der Waals surface area (Å²) in [5.74, 6) is 0. The predicted octanol–water partition coefficient (Wildman–Crippen LogP) is 2.58. The number of aryl methyl sites for hydroxylation is 1. The molecular weight excluding hydrogens is 286 g/mol. The van der Waals surface area contributed by atoms with Crippen molar-refractivity contribution < 1.29 is 0 Å². The average molecular weight is 313 g/mol. The van der Waals surface area contributed by atoms with Crippen molar-refractivity contribution in [1.82, 2.24) is 25.0 Å². The van der Waals surface area contributed by atoms with Crippen molar-refractivity contribution in [3.05, 3.63) is 54.1 Å². The Morgan fingerprint density at radius 2 is 2.00 bits per heavy atom. The van der Waals surface area contributed by atoms with Crippen LogP contribution in [-0.2, 0) is 6.54 Å². The molecular formula is C18H27N5. The maximum Gasteiger partial charge on any atom is 0.0646 e. The van der Waals surface area contributed by atoms with Gasteiger partial charge in [-0.15, -0.1) is 0 Å². The van der Waals surface area contributed by atoms with E-state index in [0.717, 1.165) is 44.0 Å². The van der Waals surface area contributed by atoms with Crippen molar-refractivity contribution in [1.29, 1.82) is 0 Å². The van der Waals surface area contributed by atoms with Gasteiger partial charge in [-0.25, -0.2) is 0 Å². The van der Waals surface area contributed by atoms with E-state index in [2.05, 4.69) is 38.6 Å². The molecule has 0 saturated carbocycles. The molecule has 1 fully saturated rings. The first-order valence-corrected chi connectivity index (χ1v) is 8.02. The minimum absolute atomic E-state index is 0.979. The first kappa shape index (κ1) is 17.4. The first-order chi connectivity index (χ1) is 11.1. The van der Waals surface area contributed by atoms with Crippen molar-refractivity contribution in [2.24, 2.45) is 0 Å². The summed E-state index contributed by atoms with van der Waals surface area (Å²) in [5.41, 5.74) is 4.63. The minimum Gasteiger partial charge on any atom is -0.304 e. The zero-order chi connectivity index (χ0) is 16.7. The highest BCUT2D eigenvalue weighted by molar-refractivity contribution is 5.60. The molecule has 0 unspecified atom stereocenters. The van der Waals surface area contributed by atoms with E-state index in [9.17, 15) is 0 Å². The van der Waals surface area contributed by atoms with Gasteiger partial charge in [0.2, 0.25) is 0 Å². The Hall–Kier alpha value is -1.98. The van der Waals surface area contributed by atoms with Crippen molar-refractivity contribution in [3.8, 4) is 0 Å². The molecule has 1 saturated heterocycles. The zero-order valence-electron chi connectivity index (χ0n) is 14.4. The Bertz CT molecular complexity index is 597. The average Bonchev–Trinajstić information content (AvgIpc) is 2.99. The van der Waals surface area contributed by atoms with Gasteiger partial charge in [0.1, 0.15) is 0 Å². The Balaban J connectivity index is 0.000000229. The van der Waals surface area contributed by atoms with E-state index in [1.165, 1.54) is 11.1 Å². The van der Waals surface area contributed by atoms with Gasteiger partial charge in [-0.3, -0.25) is 15.0 Å². The lowest BCUT2D eigenvalue weighted by atomic mass is 10.1. The van der Waals surface area contributed by atoms with Gasteiger partial charge in [0.15, 0.2) is 0 Å². The molecule has 0 aromatic carbocycles. The fourth-order valence-corrected chi connectivity index (χ4v) is 2.50. The van der Waals surface area contributed by atoms with Gasteiger partial charge in [0, 0.05) is 50.7 Å². The van der Waals surface area contributed by atoms with E-state index in [-0.39, 0.29) is 0 Å². The van der Waals surface area contributed by atoms with Crippen LogP contribution in [0.1, 0.15) is 23.7 Å². The summed E-state index contributed by atoms with van der Waals surface area (Å²) in [6, 6.07) is 3.95. The molecule has 5 nitrogen and oxygen atoms in total. The molecule has 3 heterocycles. The summed E-state index contributed by atoms with van der Waals surface area (Å²) in [7, 11) is 2.18. The molecule has 0 amide bonds. The molecule has 124 valence electrons. The van der Waals surface area contributed by atoms with Crippen molar-refractivity contribution >= 4 is 5.57 Å². The molecule has 1 aliphatic heterocycles. The fourth-order valence-electron chi connectivity index (χ4n) is 2.50. The lowest BCUT2D eigenvalue weighted by Gasteiger charge is -2.32. The van der Waals surface area contributed by atoms with Crippen LogP contribution < -0.4 is 0 Å². The maximum absolute atomic E-state index is 4.10. The monoisotopic (exact) mass is 313 g/mol. The van der Waals surface area contributed by atoms with E-state index in [1.807, 2.05) is 38.4 Å². The van der Waals surface area contributed by atoms with Crippen LogP contribution in [-0.4, -0.2) is 58.2 Å². The van der Waals surface area contributed by atoms with Gasteiger partial charge in [0.05, 0.1) is 11.9 Å². The lowest BCUT2D eigenvalue weighted by molar-refractivity contribution is 0.148. The third kappa shape index (κ3) is 5.62. The number of rotatable bonds is 3. The van der Waals surface area contributed by atoms with Crippen molar-refractivity contribution in [2.75, 3.05) is 33.2 Å². The Kier molecular flexibility index (Phi) is 6.50. The van der Waals surface area contributed by atoms with E-state index in [0.29, 0.717) is 0 Å². The molecule has 2 aromatic rings. The molecule has 0 atom stereocenters. The number of piperazine rings is 1. The summed E-state index contributed by atoms with van der Waals surface area (Å²) in [6.07, 6.45) is 5.52. The van der Waals surface area contributed by atoms with E-state index >= 15 is 0 Å². The van der Waals surface area contributed by atoms with Crippen LogP contribution in [0.2, 0.25) is 0 Å². The van der Waals surface area contributed by atoms with Crippen LogP contribution in [0.3, 0.4) is 0 Å². The molecule has 0 radical (unpaired) electrons. The van der Waals surface area contributed by atoms with Gasteiger partial charge < -0.3 is 4.90 Å². The molecule has 0 aliphatic carbocycles. The second-order valence-electron chi connectivity index (χ2n) is 6.16. The minimum atomic E-state index is 0.979. The number of nitrogens with one attached hydrogen (secondary N) is 1. The number of aromatic amines is 1. The van der Waals surface area contributed by atoms with Gasteiger partial charge in [-0.1, -0.05) is 12.6 Å². The van der Waals surface area contributed by atoms with Gasteiger partial charge in [0.25, 0.3) is 0 Å². The molecule has 3 rings (SSSR count). The van der Waals surface area contributed by atoms with E-state index in [4.69, 9.17) is 0 Å². The normalized spacial score (nSPS) is 15.8. The summed E-state index contributed by atoms with van der Waals surface area (Å²) >= 11 is 0. The smallest absolute Gasteiger partial charge is 0.0646 e. The predicted molar refractivity (Wildman–Crippen MR) is 95.0 cm³/mol. The molecule has 1 aliphatic rings. The molecule has 0 spiro atoms. The lowest BCUT2D eigenvalue weighted by Crippen LogP contribution is -2.43. The second kappa shape index (κ2) is 8.60. The van der Waals surface area contributed by atoms with Gasteiger partial charge in [-0.2, -0.15) is 5.10 Å². The van der Waals surface area contributed by atoms with Crippen molar-refractivity contribution in [3.63, 3.8) is 0 Å². The van der Waals surface area contributed by atoms with E-state index in [1.54, 1.807) is 6.20 Å². The fraction of sp³-hybridized carbons (Fsp3) is 0.444. The summed E-state index contributed by atoms with van der Waals surface area (Å²) < 4.78 is 0. The van der Waals surface area contributed by atoms with Crippen LogP contribution in [0.15, 0.2) is 37.3 Å². The topological polar surface area (TPSA) is 48.1 Å². The largest absolute Gasteiger partial charge is 0.304 e. The maximum atomic E-state index is 4.10. The van der Waals surface area contributed by atoms with Crippen molar-refractivity contribution in [2.45, 2.75) is 20.4 Å². The standard InChI is InChI=1S/C12H20N4.C6H7N/c1-10(2)12-11(8-13-14-12)9-16-6-4-15(3)5-7-16;1-6-3-2-4-7-5-6/h8H,1,4-7,9H2,2-3H3,(H,13,14);2-5H,1H3. The molecule has 0 bridgehead atoms. The highest BCUT2D eigenvalue weighted by atomic mass is 15.2. The van der Waals surface area contributed by atoms with Gasteiger partial charge in [-0.05, 0) is 38.1 Å². The van der Waals surface area contributed by atoms with E-state index < -0.39 is 0 Å². The van der Waals surface area contributed by atoms with Gasteiger partial charge >= 0.3 is 0 Å². The Morgan fingerprint density at radius 3 is 2.52 bits per heavy atom. The van der Waals surface area contributed by atoms with Crippen LogP contribution >= 0.6 is 0 Å². The summed E-state index contributed by atoms with van der Waals surface area (Å²) in [5, 5.41) is 7.12. The molecule has 2 aromatic heterocycles. The number of pyridine rings is 1. The molecule has 23 heavy (non-hydrogen) atoms. The number of allylic oxidation sites excluding steroid dienone is 1. The number of hydrogen-bond acceptors (Lipinski definition) is 4.